The monoisotopic (exact) mass is 354 g/mol. The Morgan fingerprint density at radius 1 is 1.00 bits per heavy atom. The average Bonchev–Trinajstić information content (AvgIpc) is 2.59. The van der Waals surface area contributed by atoms with Gasteiger partial charge in [0, 0.05) is 5.56 Å². The molecule has 0 aromatic heterocycles. The lowest BCUT2D eigenvalue weighted by Crippen LogP contribution is -2.41. The van der Waals surface area contributed by atoms with Gasteiger partial charge in [-0.1, -0.05) is 0 Å². The number of halogens is 1. The van der Waals surface area contributed by atoms with Crippen LogP contribution in [0.4, 0.5) is 4.39 Å². The van der Waals surface area contributed by atoms with Crippen molar-refractivity contribution in [3.8, 4) is 11.5 Å². The number of benzene rings is 2. The van der Waals surface area contributed by atoms with Crippen molar-refractivity contribution in [1.29, 1.82) is 0 Å². The summed E-state index contributed by atoms with van der Waals surface area (Å²) in [5.74, 6) is -0.502. The minimum Gasteiger partial charge on any atom is -0.493 e. The normalized spacial score (nSPS) is 11.0. The number of hydrogen-bond acceptors (Lipinski definition) is 5. The fraction of sp³-hybridized carbons (Fsp3) is 0.133. The van der Waals surface area contributed by atoms with Gasteiger partial charge in [-0.2, -0.15) is 0 Å². The zero-order valence-electron chi connectivity index (χ0n) is 12.9. The first-order valence-corrected chi connectivity index (χ1v) is 8.15. The molecule has 2 aromatic carbocycles. The van der Waals surface area contributed by atoms with Crippen LogP contribution in [0.5, 0.6) is 11.5 Å². The van der Waals surface area contributed by atoms with Gasteiger partial charge in [0.1, 0.15) is 5.82 Å². The number of sulfonamides is 1. The molecule has 0 aliphatic rings. The van der Waals surface area contributed by atoms with E-state index in [0.717, 1.165) is 24.3 Å². The maximum atomic E-state index is 12.8. The van der Waals surface area contributed by atoms with Crippen molar-refractivity contribution in [1.82, 2.24) is 10.3 Å². The summed E-state index contributed by atoms with van der Waals surface area (Å²) in [7, 11) is -1.15. The van der Waals surface area contributed by atoms with E-state index in [1.54, 1.807) is 0 Å². The SMILES string of the molecule is COc1ccc(C(=O)NNS(=O)(=O)c2ccc(F)cc2)cc1OC. The molecule has 0 atom stereocenters. The number of ether oxygens (including phenoxy) is 2. The van der Waals surface area contributed by atoms with Crippen molar-refractivity contribution in [2.45, 2.75) is 4.90 Å². The Kier molecular flexibility index (Phi) is 5.37. The second-order valence-corrected chi connectivity index (χ2v) is 6.27. The van der Waals surface area contributed by atoms with Gasteiger partial charge in [-0.3, -0.25) is 10.2 Å². The number of nitrogens with one attached hydrogen (secondary N) is 2. The smallest absolute Gasteiger partial charge is 0.266 e. The van der Waals surface area contributed by atoms with Crippen LogP contribution in [0.2, 0.25) is 0 Å². The van der Waals surface area contributed by atoms with Gasteiger partial charge in [0.05, 0.1) is 19.1 Å². The highest BCUT2D eigenvalue weighted by atomic mass is 32.2. The molecule has 0 bridgehead atoms. The van der Waals surface area contributed by atoms with Gasteiger partial charge >= 0.3 is 0 Å². The van der Waals surface area contributed by atoms with Gasteiger partial charge in [-0.05, 0) is 42.5 Å². The minimum absolute atomic E-state index is 0.162. The van der Waals surface area contributed by atoms with E-state index >= 15 is 0 Å². The summed E-state index contributed by atoms with van der Waals surface area (Å²) in [6, 6.07) is 8.54. The zero-order chi connectivity index (χ0) is 17.7. The van der Waals surface area contributed by atoms with Crippen molar-refractivity contribution in [3.05, 3.63) is 53.8 Å². The highest BCUT2D eigenvalue weighted by molar-refractivity contribution is 7.89. The van der Waals surface area contributed by atoms with Crippen molar-refractivity contribution in [3.63, 3.8) is 0 Å². The topological polar surface area (TPSA) is 93.7 Å². The van der Waals surface area contributed by atoms with E-state index in [1.165, 1.54) is 32.4 Å². The summed E-state index contributed by atoms with van der Waals surface area (Å²) in [5, 5.41) is 0. The predicted molar refractivity (Wildman–Crippen MR) is 83.7 cm³/mol. The molecule has 1 amide bonds. The Morgan fingerprint density at radius 3 is 2.21 bits per heavy atom. The molecule has 0 spiro atoms. The van der Waals surface area contributed by atoms with Crippen LogP contribution < -0.4 is 19.7 Å². The largest absolute Gasteiger partial charge is 0.493 e. The number of carbonyl (C=O) groups is 1. The van der Waals surface area contributed by atoms with Crippen LogP contribution in [0.25, 0.3) is 0 Å². The molecule has 0 fully saturated rings. The Hall–Kier alpha value is -2.65. The third-order valence-corrected chi connectivity index (χ3v) is 4.33. The standard InChI is InChI=1S/C15H15FN2O5S/c1-22-13-8-3-10(9-14(13)23-2)15(19)17-18-24(20,21)12-6-4-11(16)5-7-12/h3-9,18H,1-2H3,(H,17,19). The fourth-order valence-corrected chi connectivity index (χ4v) is 2.68. The first-order valence-electron chi connectivity index (χ1n) is 6.67. The molecule has 0 aliphatic carbocycles. The second kappa shape index (κ2) is 7.28. The van der Waals surface area contributed by atoms with E-state index in [4.69, 9.17) is 9.47 Å². The highest BCUT2D eigenvalue weighted by Gasteiger charge is 2.16. The van der Waals surface area contributed by atoms with E-state index in [-0.39, 0.29) is 10.5 Å². The lowest BCUT2D eigenvalue weighted by atomic mass is 10.2. The molecule has 9 heteroatoms. The Balaban J connectivity index is 2.11. The van der Waals surface area contributed by atoms with Gasteiger partial charge in [-0.25, -0.2) is 12.8 Å². The van der Waals surface area contributed by atoms with E-state index < -0.39 is 21.7 Å². The van der Waals surface area contributed by atoms with Crippen LogP contribution in [0.1, 0.15) is 10.4 Å². The number of hydrazine groups is 1. The number of carbonyl (C=O) groups excluding carboxylic acids is 1. The lowest BCUT2D eigenvalue weighted by Gasteiger charge is -2.11. The molecule has 24 heavy (non-hydrogen) atoms. The number of rotatable bonds is 6. The number of amides is 1. The van der Waals surface area contributed by atoms with Crippen LogP contribution in [-0.4, -0.2) is 28.5 Å². The Labute approximate surface area is 138 Å². The molecule has 0 radical (unpaired) electrons. The van der Waals surface area contributed by atoms with Gasteiger partial charge in [-0.15, -0.1) is 4.83 Å². The van der Waals surface area contributed by atoms with Crippen LogP contribution in [-0.2, 0) is 10.0 Å². The molecule has 0 aliphatic heterocycles. The zero-order valence-corrected chi connectivity index (χ0v) is 13.7. The van der Waals surface area contributed by atoms with Crippen LogP contribution in [0.15, 0.2) is 47.4 Å². The molecule has 2 N–H and O–H groups in total. The molecule has 7 nitrogen and oxygen atoms in total. The summed E-state index contributed by atoms with van der Waals surface area (Å²) in [6.45, 7) is 0. The first-order chi connectivity index (χ1) is 11.4. The van der Waals surface area contributed by atoms with Gasteiger partial charge in [0.25, 0.3) is 15.9 Å². The van der Waals surface area contributed by atoms with Gasteiger partial charge in [0.2, 0.25) is 0 Å². The Morgan fingerprint density at radius 2 is 1.62 bits per heavy atom. The molecule has 0 heterocycles. The van der Waals surface area contributed by atoms with E-state index in [2.05, 4.69) is 5.43 Å². The minimum atomic E-state index is -4.01. The molecule has 0 saturated carbocycles. The second-order valence-electron chi connectivity index (χ2n) is 4.58. The summed E-state index contributed by atoms with van der Waals surface area (Å²) >= 11 is 0. The van der Waals surface area contributed by atoms with Crippen LogP contribution >= 0.6 is 0 Å². The third-order valence-electron chi connectivity index (χ3n) is 3.07. The van der Waals surface area contributed by atoms with Crippen molar-refractivity contribution in [2.75, 3.05) is 14.2 Å². The van der Waals surface area contributed by atoms with Crippen LogP contribution in [0, 0.1) is 5.82 Å². The Bertz CT molecular complexity index is 837. The van der Waals surface area contributed by atoms with Gasteiger partial charge < -0.3 is 9.47 Å². The predicted octanol–water partition coefficient (Wildman–Crippen LogP) is 1.47. The van der Waals surface area contributed by atoms with E-state index in [0.29, 0.717) is 11.5 Å². The number of methoxy groups -OCH3 is 2. The summed E-state index contributed by atoms with van der Waals surface area (Å²) in [6.07, 6.45) is 0. The quantitative estimate of drug-likeness (QED) is 0.766. The maximum absolute atomic E-state index is 12.8. The van der Waals surface area contributed by atoms with Crippen molar-refractivity contribution in [2.24, 2.45) is 0 Å². The van der Waals surface area contributed by atoms with Crippen molar-refractivity contribution >= 4 is 15.9 Å². The molecule has 2 aromatic rings. The fourth-order valence-electron chi connectivity index (χ4n) is 1.84. The lowest BCUT2D eigenvalue weighted by molar-refractivity contribution is 0.0944. The molecule has 0 unspecified atom stereocenters. The third kappa shape index (κ3) is 4.00. The number of hydrogen-bond donors (Lipinski definition) is 2. The molecule has 128 valence electrons. The van der Waals surface area contributed by atoms with E-state index in [1.807, 2.05) is 4.83 Å². The van der Waals surface area contributed by atoms with Crippen molar-refractivity contribution < 1.29 is 27.1 Å². The van der Waals surface area contributed by atoms with Crippen LogP contribution in [0.3, 0.4) is 0 Å². The van der Waals surface area contributed by atoms with Gasteiger partial charge in [0.15, 0.2) is 11.5 Å². The van der Waals surface area contributed by atoms with E-state index in [9.17, 15) is 17.6 Å². The summed E-state index contributed by atoms with van der Waals surface area (Å²) in [5.41, 5.74) is 2.24. The molecule has 2 rings (SSSR count). The maximum Gasteiger partial charge on any atom is 0.266 e. The highest BCUT2D eigenvalue weighted by Crippen LogP contribution is 2.27. The summed E-state index contributed by atoms with van der Waals surface area (Å²) in [4.78, 5) is 13.8. The summed E-state index contributed by atoms with van der Waals surface area (Å²) < 4.78 is 47.0. The molecular weight excluding hydrogens is 339 g/mol. The average molecular weight is 354 g/mol. The molecule has 0 saturated heterocycles. The first kappa shape index (κ1) is 17.7. The molecular formula is C15H15FN2O5S.